The molecule has 5 nitrogen and oxygen atoms in total. The fourth-order valence-corrected chi connectivity index (χ4v) is 1.35. The van der Waals surface area contributed by atoms with Gasteiger partial charge in [0.15, 0.2) is 5.60 Å². The fourth-order valence-electron chi connectivity index (χ4n) is 1.35. The van der Waals surface area contributed by atoms with Crippen molar-refractivity contribution < 1.29 is 14.6 Å². The van der Waals surface area contributed by atoms with Crippen LogP contribution in [0.25, 0.3) is 0 Å². The first-order valence-electron chi connectivity index (χ1n) is 4.85. The molecule has 1 heterocycles. The van der Waals surface area contributed by atoms with Crippen molar-refractivity contribution in [2.75, 3.05) is 7.11 Å². The third kappa shape index (κ3) is 2.70. The Bertz CT molecular complexity index is 448. The molecule has 1 atom stereocenters. The zero-order chi connectivity index (χ0) is 12.3. The van der Waals surface area contributed by atoms with Gasteiger partial charge in [-0.2, -0.15) is 0 Å². The molecule has 16 heavy (non-hydrogen) atoms. The van der Waals surface area contributed by atoms with Gasteiger partial charge in [0, 0.05) is 12.3 Å². The highest BCUT2D eigenvalue weighted by atomic mass is 16.5. The molecular formula is C11H15NO4. The number of carbonyl (C=O) groups excluding carboxylic acids is 1. The third-order valence-electron chi connectivity index (χ3n) is 2.25. The van der Waals surface area contributed by atoms with Crippen LogP contribution in [-0.2, 0) is 16.1 Å². The van der Waals surface area contributed by atoms with Crippen molar-refractivity contribution in [3.8, 4) is 0 Å². The van der Waals surface area contributed by atoms with Gasteiger partial charge in [-0.05, 0) is 25.5 Å². The first-order chi connectivity index (χ1) is 7.36. The lowest BCUT2D eigenvalue weighted by molar-refractivity contribution is -0.161. The number of esters is 1. The van der Waals surface area contributed by atoms with Crippen LogP contribution in [0.15, 0.2) is 23.1 Å². The minimum Gasteiger partial charge on any atom is -0.467 e. The Hall–Kier alpha value is -1.62. The normalized spacial score (nSPS) is 14.2. The number of nitrogens with zero attached hydrogens (tertiary/aromatic N) is 1. The van der Waals surface area contributed by atoms with Gasteiger partial charge in [0.05, 0.1) is 13.7 Å². The average Bonchev–Trinajstić information content (AvgIpc) is 2.21. The summed E-state index contributed by atoms with van der Waals surface area (Å²) < 4.78 is 5.71. The van der Waals surface area contributed by atoms with Gasteiger partial charge < -0.3 is 14.4 Å². The van der Waals surface area contributed by atoms with Gasteiger partial charge in [0.25, 0.3) is 5.56 Å². The third-order valence-corrected chi connectivity index (χ3v) is 2.25. The molecule has 1 aromatic heterocycles. The molecule has 0 aliphatic heterocycles. The first kappa shape index (κ1) is 12.4. The molecule has 0 saturated heterocycles. The van der Waals surface area contributed by atoms with Crippen molar-refractivity contribution in [3.63, 3.8) is 0 Å². The van der Waals surface area contributed by atoms with Gasteiger partial charge in [-0.1, -0.05) is 0 Å². The lowest BCUT2D eigenvalue weighted by Gasteiger charge is -2.21. The number of aryl methyl sites for hydroxylation is 1. The van der Waals surface area contributed by atoms with Crippen LogP contribution in [0.3, 0.4) is 0 Å². The number of aromatic nitrogens is 1. The zero-order valence-corrected chi connectivity index (χ0v) is 9.56. The Morgan fingerprint density at radius 2 is 2.25 bits per heavy atom. The summed E-state index contributed by atoms with van der Waals surface area (Å²) in [4.78, 5) is 22.8. The van der Waals surface area contributed by atoms with E-state index in [9.17, 15) is 14.7 Å². The predicted octanol–water partition coefficient (Wildman–Crippen LogP) is 0.0807. The summed E-state index contributed by atoms with van der Waals surface area (Å²) in [5, 5.41) is 9.80. The van der Waals surface area contributed by atoms with Gasteiger partial charge in [-0.3, -0.25) is 4.79 Å². The highest BCUT2D eigenvalue weighted by Gasteiger charge is 2.32. The van der Waals surface area contributed by atoms with Crippen molar-refractivity contribution in [2.45, 2.75) is 26.0 Å². The lowest BCUT2D eigenvalue weighted by atomic mass is 10.1. The van der Waals surface area contributed by atoms with E-state index in [1.807, 2.05) is 0 Å². The Labute approximate surface area is 93.3 Å². The second-order valence-corrected chi connectivity index (χ2v) is 3.94. The van der Waals surface area contributed by atoms with Crippen LogP contribution in [0.4, 0.5) is 0 Å². The van der Waals surface area contributed by atoms with Crippen LogP contribution < -0.4 is 5.56 Å². The summed E-state index contributed by atoms with van der Waals surface area (Å²) >= 11 is 0. The van der Waals surface area contributed by atoms with E-state index in [2.05, 4.69) is 4.74 Å². The Morgan fingerprint density at radius 1 is 1.62 bits per heavy atom. The van der Waals surface area contributed by atoms with Crippen LogP contribution in [0.2, 0.25) is 0 Å². The number of rotatable bonds is 3. The second-order valence-electron chi connectivity index (χ2n) is 3.94. The molecule has 5 heteroatoms. The molecule has 0 bridgehead atoms. The lowest BCUT2D eigenvalue weighted by Crippen LogP contribution is -2.42. The quantitative estimate of drug-likeness (QED) is 0.740. The maximum Gasteiger partial charge on any atom is 0.339 e. The average molecular weight is 225 g/mol. The molecule has 0 radical (unpaired) electrons. The number of methoxy groups -OCH3 is 1. The van der Waals surface area contributed by atoms with E-state index in [-0.39, 0.29) is 12.1 Å². The van der Waals surface area contributed by atoms with Gasteiger partial charge in [0.1, 0.15) is 0 Å². The van der Waals surface area contributed by atoms with Crippen molar-refractivity contribution in [1.29, 1.82) is 0 Å². The van der Waals surface area contributed by atoms with Crippen LogP contribution in [-0.4, -0.2) is 28.4 Å². The monoisotopic (exact) mass is 225 g/mol. The molecule has 1 aromatic rings. The van der Waals surface area contributed by atoms with Crippen LogP contribution in [0.1, 0.15) is 12.5 Å². The molecule has 0 amide bonds. The topological polar surface area (TPSA) is 68.5 Å². The van der Waals surface area contributed by atoms with Gasteiger partial charge in [-0.25, -0.2) is 4.79 Å². The highest BCUT2D eigenvalue weighted by Crippen LogP contribution is 2.08. The molecule has 0 aliphatic rings. The van der Waals surface area contributed by atoms with E-state index in [1.54, 1.807) is 13.0 Å². The SMILES string of the molecule is COC(=O)C(C)(O)Cn1ccc(C)cc1=O. The molecule has 1 N–H and O–H groups in total. The molecule has 0 fully saturated rings. The summed E-state index contributed by atoms with van der Waals surface area (Å²) in [5.74, 6) is -0.764. The maximum atomic E-state index is 11.5. The van der Waals surface area contributed by atoms with Crippen LogP contribution >= 0.6 is 0 Å². The summed E-state index contributed by atoms with van der Waals surface area (Å²) in [7, 11) is 1.19. The molecule has 1 unspecified atom stereocenters. The molecule has 1 rings (SSSR count). The summed E-state index contributed by atoms with van der Waals surface area (Å²) in [6.07, 6.45) is 1.54. The van der Waals surface area contributed by atoms with E-state index in [1.165, 1.54) is 30.9 Å². The van der Waals surface area contributed by atoms with E-state index >= 15 is 0 Å². The predicted molar refractivity (Wildman–Crippen MR) is 58.1 cm³/mol. The number of aliphatic hydroxyl groups is 1. The standard InChI is InChI=1S/C11H15NO4/c1-8-4-5-12(9(13)6-8)7-11(2,15)10(14)16-3/h4-6,15H,7H2,1-3H3. The minimum atomic E-state index is -1.70. The number of pyridine rings is 1. The number of hydrogen-bond acceptors (Lipinski definition) is 4. The van der Waals surface area contributed by atoms with Gasteiger partial charge >= 0.3 is 5.97 Å². The first-order valence-corrected chi connectivity index (χ1v) is 4.85. The Kier molecular flexibility index (Phi) is 3.49. The van der Waals surface area contributed by atoms with Crippen LogP contribution in [0.5, 0.6) is 0 Å². The van der Waals surface area contributed by atoms with Crippen molar-refractivity contribution in [1.82, 2.24) is 4.57 Å². The number of hydrogen-bond donors (Lipinski definition) is 1. The van der Waals surface area contributed by atoms with Crippen molar-refractivity contribution >= 4 is 5.97 Å². The van der Waals surface area contributed by atoms with E-state index in [0.29, 0.717) is 0 Å². The Balaban J connectivity index is 2.97. The number of ether oxygens (including phenoxy) is 1. The molecule has 0 saturated carbocycles. The fraction of sp³-hybridized carbons (Fsp3) is 0.455. The van der Waals surface area contributed by atoms with Gasteiger partial charge in [0.2, 0.25) is 0 Å². The summed E-state index contributed by atoms with van der Waals surface area (Å²) in [6.45, 7) is 2.98. The molecule has 88 valence electrons. The number of carbonyl (C=O) groups is 1. The van der Waals surface area contributed by atoms with E-state index in [0.717, 1.165) is 5.56 Å². The zero-order valence-electron chi connectivity index (χ0n) is 9.56. The minimum absolute atomic E-state index is 0.126. The summed E-state index contributed by atoms with van der Waals surface area (Å²) in [6, 6.07) is 3.17. The van der Waals surface area contributed by atoms with E-state index in [4.69, 9.17) is 0 Å². The maximum absolute atomic E-state index is 11.5. The van der Waals surface area contributed by atoms with Crippen LogP contribution in [0, 0.1) is 6.92 Å². The smallest absolute Gasteiger partial charge is 0.339 e. The highest BCUT2D eigenvalue weighted by molar-refractivity contribution is 5.78. The van der Waals surface area contributed by atoms with Crippen molar-refractivity contribution in [3.05, 3.63) is 34.2 Å². The Morgan fingerprint density at radius 3 is 2.75 bits per heavy atom. The molecule has 0 aromatic carbocycles. The largest absolute Gasteiger partial charge is 0.467 e. The van der Waals surface area contributed by atoms with Gasteiger partial charge in [-0.15, -0.1) is 0 Å². The molecule has 0 aliphatic carbocycles. The molecule has 0 spiro atoms. The molecular weight excluding hydrogens is 210 g/mol. The van der Waals surface area contributed by atoms with Crippen molar-refractivity contribution in [2.24, 2.45) is 0 Å². The van der Waals surface area contributed by atoms with E-state index < -0.39 is 11.6 Å². The summed E-state index contributed by atoms with van der Waals surface area (Å²) in [5.41, 5.74) is -1.13. The second kappa shape index (κ2) is 4.49.